The van der Waals surface area contributed by atoms with E-state index >= 15 is 0 Å². The fourth-order valence-corrected chi connectivity index (χ4v) is 5.88. The van der Waals surface area contributed by atoms with E-state index < -0.39 is 0 Å². The number of morpholine rings is 1. The van der Waals surface area contributed by atoms with Crippen molar-refractivity contribution in [2.75, 3.05) is 39.4 Å². The SMILES string of the molecule is Cc1cc([C@H]2[C@@H](c3ccccn3)NC(=S)N2CCN2CCOCC2)c(C)n1-c1cccc(Br)c1. The molecule has 0 radical (unpaired) electrons. The molecule has 3 aromatic rings. The molecule has 0 bridgehead atoms. The Labute approximate surface area is 215 Å². The van der Waals surface area contributed by atoms with E-state index in [0.717, 1.165) is 60.4 Å². The predicted molar refractivity (Wildman–Crippen MR) is 142 cm³/mol. The number of hydrogen-bond acceptors (Lipinski definition) is 4. The second-order valence-electron chi connectivity index (χ2n) is 8.92. The molecule has 6 nitrogen and oxygen atoms in total. The number of aromatic nitrogens is 2. The molecule has 2 atom stereocenters. The van der Waals surface area contributed by atoms with Crippen LogP contribution in [0.2, 0.25) is 0 Å². The maximum absolute atomic E-state index is 5.89. The van der Waals surface area contributed by atoms with Crippen LogP contribution in [0.4, 0.5) is 0 Å². The van der Waals surface area contributed by atoms with Crippen molar-refractivity contribution in [2.24, 2.45) is 0 Å². The van der Waals surface area contributed by atoms with Crippen LogP contribution in [-0.4, -0.2) is 63.9 Å². The minimum atomic E-state index is -0.00477. The smallest absolute Gasteiger partial charge is 0.170 e. The first-order valence-corrected chi connectivity index (χ1v) is 13.0. The maximum atomic E-state index is 5.89. The highest BCUT2D eigenvalue weighted by Crippen LogP contribution is 2.41. The molecule has 8 heteroatoms. The van der Waals surface area contributed by atoms with E-state index in [2.05, 4.69) is 85.9 Å². The van der Waals surface area contributed by atoms with E-state index in [0.29, 0.717) is 0 Å². The minimum absolute atomic E-state index is 0.00477. The Hall–Kier alpha value is -2.26. The summed E-state index contributed by atoms with van der Waals surface area (Å²) in [7, 11) is 0. The van der Waals surface area contributed by atoms with Gasteiger partial charge in [0.25, 0.3) is 0 Å². The van der Waals surface area contributed by atoms with Crippen molar-refractivity contribution >= 4 is 33.3 Å². The third-order valence-corrected chi connectivity index (χ3v) is 7.66. The summed E-state index contributed by atoms with van der Waals surface area (Å²) in [4.78, 5) is 9.51. The Morgan fingerprint density at radius 1 is 1.09 bits per heavy atom. The third kappa shape index (κ3) is 4.64. The lowest BCUT2D eigenvalue weighted by Gasteiger charge is -2.32. The lowest BCUT2D eigenvalue weighted by atomic mass is 9.96. The van der Waals surface area contributed by atoms with Crippen LogP contribution in [-0.2, 0) is 4.74 Å². The quantitative estimate of drug-likeness (QED) is 0.463. The second kappa shape index (κ2) is 10.2. The van der Waals surface area contributed by atoms with Crippen LogP contribution in [0.1, 0.15) is 34.7 Å². The average Bonchev–Trinajstić information content (AvgIpc) is 3.33. The van der Waals surface area contributed by atoms with Crippen molar-refractivity contribution in [2.45, 2.75) is 25.9 Å². The molecule has 178 valence electrons. The van der Waals surface area contributed by atoms with Gasteiger partial charge in [0.15, 0.2) is 5.11 Å². The predicted octanol–water partition coefficient (Wildman–Crippen LogP) is 4.56. The highest BCUT2D eigenvalue weighted by Gasteiger charge is 2.41. The number of halogens is 1. The molecule has 2 saturated heterocycles. The first kappa shape index (κ1) is 23.5. The average molecular weight is 541 g/mol. The van der Waals surface area contributed by atoms with Gasteiger partial charge in [0.05, 0.1) is 31.0 Å². The van der Waals surface area contributed by atoms with Gasteiger partial charge in [-0.15, -0.1) is 0 Å². The summed E-state index contributed by atoms with van der Waals surface area (Å²) in [6, 6.07) is 16.9. The second-order valence-corrected chi connectivity index (χ2v) is 10.2. The summed E-state index contributed by atoms with van der Waals surface area (Å²) in [5, 5.41) is 4.39. The van der Waals surface area contributed by atoms with Gasteiger partial charge < -0.3 is 19.5 Å². The molecule has 0 spiro atoms. The third-order valence-electron chi connectivity index (χ3n) is 6.81. The van der Waals surface area contributed by atoms with Gasteiger partial charge in [-0.2, -0.15) is 0 Å². The van der Waals surface area contributed by atoms with Crippen LogP contribution in [0.15, 0.2) is 59.2 Å². The fraction of sp³-hybridized carbons (Fsp3) is 0.385. The maximum Gasteiger partial charge on any atom is 0.170 e. The molecule has 2 fully saturated rings. The molecule has 1 N–H and O–H groups in total. The van der Waals surface area contributed by atoms with Crippen molar-refractivity contribution in [3.8, 4) is 5.69 Å². The molecule has 0 amide bonds. The van der Waals surface area contributed by atoms with E-state index in [1.807, 2.05) is 18.3 Å². The molecule has 2 aliphatic heterocycles. The molecular formula is C26H30BrN5OS. The topological polar surface area (TPSA) is 45.6 Å². The Morgan fingerprint density at radius 2 is 1.91 bits per heavy atom. The number of rotatable bonds is 6. The van der Waals surface area contributed by atoms with Gasteiger partial charge in [-0.1, -0.05) is 28.1 Å². The summed E-state index contributed by atoms with van der Waals surface area (Å²) in [6.45, 7) is 9.75. The van der Waals surface area contributed by atoms with Gasteiger partial charge in [0, 0.05) is 53.9 Å². The van der Waals surface area contributed by atoms with Crippen molar-refractivity contribution < 1.29 is 4.74 Å². The number of benzene rings is 1. The number of thiocarbonyl (C=S) groups is 1. The van der Waals surface area contributed by atoms with Gasteiger partial charge in [-0.3, -0.25) is 9.88 Å². The van der Waals surface area contributed by atoms with Crippen molar-refractivity contribution in [1.29, 1.82) is 0 Å². The fourth-order valence-electron chi connectivity index (χ4n) is 5.16. The monoisotopic (exact) mass is 539 g/mol. The number of aryl methyl sites for hydroxylation is 1. The van der Waals surface area contributed by atoms with Gasteiger partial charge >= 0.3 is 0 Å². The van der Waals surface area contributed by atoms with Gasteiger partial charge in [0.2, 0.25) is 0 Å². The molecule has 34 heavy (non-hydrogen) atoms. The lowest BCUT2D eigenvalue weighted by molar-refractivity contribution is 0.0350. The Kier molecular flexibility index (Phi) is 7.01. The summed E-state index contributed by atoms with van der Waals surface area (Å²) in [5.41, 5.74) is 5.87. The summed E-state index contributed by atoms with van der Waals surface area (Å²) >= 11 is 9.51. The van der Waals surface area contributed by atoms with E-state index in [1.165, 1.54) is 17.0 Å². The van der Waals surface area contributed by atoms with Crippen LogP contribution >= 0.6 is 28.1 Å². The molecule has 4 heterocycles. The minimum Gasteiger partial charge on any atom is -0.379 e. The summed E-state index contributed by atoms with van der Waals surface area (Å²) in [5.74, 6) is 0. The van der Waals surface area contributed by atoms with E-state index in [4.69, 9.17) is 21.9 Å². The largest absolute Gasteiger partial charge is 0.379 e. The van der Waals surface area contributed by atoms with Crippen LogP contribution in [0.3, 0.4) is 0 Å². The van der Waals surface area contributed by atoms with Crippen LogP contribution in [0.5, 0.6) is 0 Å². The Morgan fingerprint density at radius 3 is 2.65 bits per heavy atom. The van der Waals surface area contributed by atoms with Crippen molar-refractivity contribution in [3.63, 3.8) is 0 Å². The first-order chi connectivity index (χ1) is 16.5. The molecule has 0 saturated carbocycles. The summed E-state index contributed by atoms with van der Waals surface area (Å²) in [6.07, 6.45) is 1.86. The van der Waals surface area contributed by atoms with Gasteiger partial charge in [-0.25, -0.2) is 0 Å². The first-order valence-electron chi connectivity index (χ1n) is 11.8. The summed E-state index contributed by atoms with van der Waals surface area (Å²) < 4.78 is 8.93. The van der Waals surface area contributed by atoms with Crippen molar-refractivity contribution in [3.05, 3.63) is 81.8 Å². The highest BCUT2D eigenvalue weighted by atomic mass is 79.9. The van der Waals surface area contributed by atoms with E-state index in [-0.39, 0.29) is 12.1 Å². The zero-order chi connectivity index (χ0) is 23.7. The molecule has 0 aliphatic carbocycles. The normalized spacial score (nSPS) is 21.1. The van der Waals surface area contributed by atoms with Crippen LogP contribution < -0.4 is 5.32 Å². The van der Waals surface area contributed by atoms with Crippen LogP contribution in [0, 0.1) is 13.8 Å². The van der Waals surface area contributed by atoms with Crippen molar-refractivity contribution in [1.82, 2.24) is 24.7 Å². The molecular weight excluding hydrogens is 510 g/mol. The standard InChI is InChI=1S/C26H30BrN5OS/c1-18-16-22(19(2)32(18)21-7-5-6-20(27)17-21)25-24(23-8-3-4-9-28-23)29-26(34)31(25)11-10-30-12-14-33-15-13-30/h3-9,16-17,24-25H,10-15H2,1-2H3,(H,29,34)/t24-,25+/m1/s1. The number of pyridine rings is 1. The molecule has 5 rings (SSSR count). The molecule has 2 aromatic heterocycles. The number of nitrogens with zero attached hydrogens (tertiary/aromatic N) is 4. The van der Waals surface area contributed by atoms with Crippen LogP contribution in [0.25, 0.3) is 5.69 Å². The highest BCUT2D eigenvalue weighted by molar-refractivity contribution is 9.10. The van der Waals surface area contributed by atoms with Gasteiger partial charge in [-0.05, 0) is 68.0 Å². The molecule has 2 aliphatic rings. The Bertz CT molecular complexity index is 1160. The molecule has 0 unspecified atom stereocenters. The van der Waals surface area contributed by atoms with E-state index in [1.54, 1.807) is 0 Å². The molecule has 1 aromatic carbocycles. The number of nitrogens with one attached hydrogen (secondary N) is 1. The van der Waals surface area contributed by atoms with E-state index in [9.17, 15) is 0 Å². The Balaban J connectivity index is 1.52. The lowest BCUT2D eigenvalue weighted by Crippen LogP contribution is -2.42. The number of ether oxygens (including phenoxy) is 1. The zero-order valence-electron chi connectivity index (χ0n) is 19.6. The zero-order valence-corrected chi connectivity index (χ0v) is 22.0. The number of hydrogen-bond donors (Lipinski definition) is 1. The van der Waals surface area contributed by atoms with Gasteiger partial charge in [0.1, 0.15) is 0 Å².